The first-order valence-electron chi connectivity index (χ1n) is 12.2. The van der Waals surface area contributed by atoms with Gasteiger partial charge in [0.05, 0.1) is 25.3 Å². The average molecular weight is 496 g/mol. The van der Waals surface area contributed by atoms with E-state index in [1.165, 1.54) is 4.90 Å². The number of hydrogen-bond acceptors (Lipinski definition) is 5. The number of fused-ring (bicyclic) bond motifs is 1. The highest BCUT2D eigenvalue weighted by Gasteiger charge is 2.44. The second-order valence-corrected chi connectivity index (χ2v) is 10.3. The minimum absolute atomic E-state index is 0.00228. The second-order valence-electron chi connectivity index (χ2n) is 10.3. The summed E-state index contributed by atoms with van der Waals surface area (Å²) in [4.78, 5) is 28.7. The zero-order valence-electron chi connectivity index (χ0n) is 21.3. The molecule has 0 spiro atoms. The Hall–Kier alpha value is -4.32. The molecule has 4 aromatic rings. The van der Waals surface area contributed by atoms with E-state index in [2.05, 4.69) is 20.8 Å². The van der Waals surface area contributed by atoms with Crippen LogP contribution in [0.3, 0.4) is 0 Å². The van der Waals surface area contributed by atoms with Crippen LogP contribution in [0.1, 0.15) is 54.1 Å². The van der Waals surface area contributed by atoms with Crippen LogP contribution in [0.4, 0.5) is 0 Å². The fourth-order valence-electron chi connectivity index (χ4n) is 4.80. The van der Waals surface area contributed by atoms with Crippen molar-refractivity contribution in [2.45, 2.75) is 38.8 Å². The van der Waals surface area contributed by atoms with Crippen molar-refractivity contribution in [1.82, 2.24) is 4.90 Å². The van der Waals surface area contributed by atoms with E-state index >= 15 is 0 Å². The molecule has 0 aliphatic carbocycles. The van der Waals surface area contributed by atoms with E-state index < -0.39 is 23.5 Å². The minimum atomic E-state index is -0.799. The molecule has 0 fully saturated rings. The van der Waals surface area contributed by atoms with E-state index in [0.717, 1.165) is 22.1 Å². The van der Waals surface area contributed by atoms with Crippen molar-refractivity contribution in [1.29, 1.82) is 0 Å². The van der Waals surface area contributed by atoms with E-state index in [-0.39, 0.29) is 23.3 Å². The first-order valence-corrected chi connectivity index (χ1v) is 12.2. The topological polar surface area (TPSA) is 80.0 Å². The number of nitrogens with zero attached hydrogens (tertiary/aromatic N) is 1. The van der Waals surface area contributed by atoms with Gasteiger partial charge in [-0.05, 0) is 34.7 Å². The standard InChI is InChI=1S/C31H29NO5/c1-31(2,3)22-15-13-19(14-16-22)27-26(28(33)25-17-20-9-5-8-12-24(20)37-25)29(34)30(35)32(27)18-21-10-6-7-11-23(21)36-4/h5-17,27,34H,18H2,1-4H3. The summed E-state index contributed by atoms with van der Waals surface area (Å²) in [6, 6.07) is 23.4. The van der Waals surface area contributed by atoms with Crippen LogP contribution in [0, 0.1) is 0 Å². The van der Waals surface area contributed by atoms with Crippen molar-refractivity contribution in [2.24, 2.45) is 0 Å². The van der Waals surface area contributed by atoms with Crippen LogP contribution in [0.25, 0.3) is 11.0 Å². The summed E-state index contributed by atoms with van der Waals surface area (Å²) in [7, 11) is 1.57. The Morgan fingerprint density at radius 1 is 1.00 bits per heavy atom. The predicted octanol–water partition coefficient (Wildman–Crippen LogP) is 6.52. The number of amides is 1. The number of benzene rings is 3. The number of rotatable bonds is 6. The summed E-state index contributed by atoms with van der Waals surface area (Å²) in [6.45, 7) is 6.52. The molecule has 188 valence electrons. The van der Waals surface area contributed by atoms with Crippen molar-refractivity contribution in [3.8, 4) is 5.75 Å². The van der Waals surface area contributed by atoms with Gasteiger partial charge in [0.25, 0.3) is 5.91 Å². The lowest BCUT2D eigenvalue weighted by Crippen LogP contribution is -2.31. The van der Waals surface area contributed by atoms with Gasteiger partial charge in [0.2, 0.25) is 5.78 Å². The molecule has 6 heteroatoms. The Labute approximate surface area is 215 Å². The van der Waals surface area contributed by atoms with Crippen LogP contribution in [0.15, 0.2) is 94.6 Å². The van der Waals surface area contributed by atoms with Crippen molar-refractivity contribution in [3.05, 3.63) is 113 Å². The van der Waals surface area contributed by atoms with Crippen LogP contribution < -0.4 is 4.74 Å². The van der Waals surface area contributed by atoms with Gasteiger partial charge in [-0.2, -0.15) is 0 Å². The molecule has 0 saturated carbocycles. The van der Waals surface area contributed by atoms with Crippen molar-refractivity contribution < 1.29 is 23.8 Å². The highest BCUT2D eigenvalue weighted by atomic mass is 16.5. The third-order valence-corrected chi connectivity index (χ3v) is 6.82. The molecule has 1 aliphatic heterocycles. The zero-order chi connectivity index (χ0) is 26.3. The number of carbonyl (C=O) groups excluding carboxylic acids is 2. The lowest BCUT2D eigenvalue weighted by Gasteiger charge is -2.28. The largest absolute Gasteiger partial charge is 0.503 e. The molecule has 1 N–H and O–H groups in total. The third-order valence-electron chi connectivity index (χ3n) is 6.82. The number of para-hydroxylation sites is 2. The average Bonchev–Trinajstić information content (AvgIpc) is 3.43. The van der Waals surface area contributed by atoms with E-state index in [9.17, 15) is 14.7 Å². The van der Waals surface area contributed by atoms with Crippen LogP contribution in [-0.2, 0) is 16.8 Å². The molecule has 0 radical (unpaired) electrons. The summed E-state index contributed by atoms with van der Waals surface area (Å²) >= 11 is 0. The normalized spacial score (nSPS) is 16.1. The number of aliphatic hydroxyl groups excluding tert-OH is 1. The van der Waals surface area contributed by atoms with Crippen LogP contribution in [0.5, 0.6) is 5.75 Å². The molecule has 1 amide bonds. The Morgan fingerprint density at radius 3 is 2.35 bits per heavy atom. The van der Waals surface area contributed by atoms with E-state index in [1.807, 2.05) is 66.7 Å². The zero-order valence-corrected chi connectivity index (χ0v) is 21.3. The molecule has 1 aliphatic rings. The van der Waals surface area contributed by atoms with Gasteiger partial charge in [-0.15, -0.1) is 0 Å². The maximum absolute atomic E-state index is 13.8. The first-order chi connectivity index (χ1) is 17.7. The minimum Gasteiger partial charge on any atom is -0.503 e. The highest BCUT2D eigenvalue weighted by molar-refractivity contribution is 6.16. The number of aliphatic hydroxyl groups is 1. The molecule has 0 bridgehead atoms. The van der Waals surface area contributed by atoms with Crippen LogP contribution in [0.2, 0.25) is 0 Å². The molecule has 1 atom stereocenters. The molecule has 3 aromatic carbocycles. The number of ether oxygens (including phenoxy) is 1. The monoisotopic (exact) mass is 495 g/mol. The summed E-state index contributed by atoms with van der Waals surface area (Å²) in [5, 5.41) is 11.8. The van der Waals surface area contributed by atoms with Crippen molar-refractivity contribution in [2.75, 3.05) is 7.11 Å². The molecular weight excluding hydrogens is 466 g/mol. The number of methoxy groups -OCH3 is 1. The smallest absolute Gasteiger partial charge is 0.290 e. The van der Waals surface area contributed by atoms with Gasteiger partial charge in [0.1, 0.15) is 11.3 Å². The molecule has 0 saturated heterocycles. The van der Waals surface area contributed by atoms with Gasteiger partial charge < -0.3 is 19.2 Å². The molecule has 1 unspecified atom stereocenters. The number of carbonyl (C=O) groups is 2. The fraction of sp³-hybridized carbons (Fsp3) is 0.226. The third kappa shape index (κ3) is 4.40. The fourth-order valence-corrected chi connectivity index (χ4v) is 4.80. The second kappa shape index (κ2) is 9.28. The van der Waals surface area contributed by atoms with Crippen molar-refractivity contribution >= 4 is 22.7 Å². The summed E-state index contributed by atoms with van der Waals surface area (Å²) in [5.74, 6) is -1.00. The predicted molar refractivity (Wildman–Crippen MR) is 142 cm³/mol. The van der Waals surface area contributed by atoms with Crippen LogP contribution >= 0.6 is 0 Å². The molecule has 2 heterocycles. The lowest BCUT2D eigenvalue weighted by atomic mass is 9.85. The van der Waals surface area contributed by atoms with Crippen LogP contribution in [-0.4, -0.2) is 28.8 Å². The van der Waals surface area contributed by atoms with Gasteiger partial charge in [0, 0.05) is 10.9 Å². The van der Waals surface area contributed by atoms with E-state index in [1.54, 1.807) is 19.2 Å². The van der Waals surface area contributed by atoms with E-state index in [4.69, 9.17) is 9.15 Å². The quantitative estimate of drug-likeness (QED) is 0.308. The number of furan rings is 1. The Balaban J connectivity index is 1.61. The Kier molecular flexibility index (Phi) is 6.12. The highest BCUT2D eigenvalue weighted by Crippen LogP contribution is 2.41. The molecule has 37 heavy (non-hydrogen) atoms. The summed E-state index contributed by atoms with van der Waals surface area (Å²) in [5.41, 5.74) is 3.11. The maximum Gasteiger partial charge on any atom is 0.290 e. The number of ketones is 1. The molecule has 6 nitrogen and oxygen atoms in total. The molecular formula is C31H29NO5. The van der Waals surface area contributed by atoms with Crippen molar-refractivity contribution in [3.63, 3.8) is 0 Å². The van der Waals surface area contributed by atoms with Gasteiger partial charge in [-0.1, -0.05) is 81.4 Å². The Morgan fingerprint density at radius 2 is 1.68 bits per heavy atom. The summed E-state index contributed by atoms with van der Waals surface area (Å²) < 4.78 is 11.3. The van der Waals surface area contributed by atoms with Gasteiger partial charge in [-0.25, -0.2) is 0 Å². The first kappa shape index (κ1) is 24.4. The Bertz CT molecular complexity index is 1490. The van der Waals surface area contributed by atoms with Gasteiger partial charge >= 0.3 is 0 Å². The molecule has 5 rings (SSSR count). The van der Waals surface area contributed by atoms with Gasteiger partial charge in [0.15, 0.2) is 11.5 Å². The van der Waals surface area contributed by atoms with E-state index in [0.29, 0.717) is 11.3 Å². The molecule has 1 aromatic heterocycles. The van der Waals surface area contributed by atoms with Gasteiger partial charge in [-0.3, -0.25) is 9.59 Å². The summed E-state index contributed by atoms with van der Waals surface area (Å²) in [6.07, 6.45) is 0. The number of Topliss-reactive ketones (excluding diaryl/α,β-unsaturated/α-hetero) is 1. The number of hydrogen-bond donors (Lipinski definition) is 1. The SMILES string of the molecule is COc1ccccc1CN1C(=O)C(O)=C(C(=O)c2cc3ccccc3o2)C1c1ccc(C(C)(C)C)cc1. The lowest BCUT2D eigenvalue weighted by molar-refractivity contribution is -0.130. The maximum atomic E-state index is 13.8.